The van der Waals surface area contributed by atoms with Gasteiger partial charge in [0.2, 0.25) is 28.6 Å². The van der Waals surface area contributed by atoms with E-state index < -0.39 is 57.4 Å². The molecule has 656 valence electrons. The van der Waals surface area contributed by atoms with E-state index in [0.29, 0.717) is 74.1 Å². The third-order valence-electron chi connectivity index (χ3n) is 25.5. The average Bonchev–Trinajstić information content (AvgIpc) is 1.57. The van der Waals surface area contributed by atoms with Crippen LogP contribution in [-0.4, -0.2) is 113 Å². The summed E-state index contributed by atoms with van der Waals surface area (Å²) < 4.78 is 129. The van der Waals surface area contributed by atoms with Crippen LogP contribution in [0.5, 0.6) is 0 Å². The van der Waals surface area contributed by atoms with Crippen LogP contribution < -0.4 is 49.0 Å². The van der Waals surface area contributed by atoms with Crippen molar-refractivity contribution < 1.29 is 38.5 Å². The van der Waals surface area contributed by atoms with E-state index in [4.69, 9.17) is 38.5 Å². The quantitative estimate of drug-likeness (QED) is 0.138. The Hall–Kier alpha value is -15.4. The van der Waals surface area contributed by atoms with Crippen molar-refractivity contribution >= 4 is 196 Å². The van der Waals surface area contributed by atoms with E-state index in [1.807, 2.05) is 222 Å². The van der Waals surface area contributed by atoms with E-state index in [1.54, 1.807) is 85.1 Å². The van der Waals surface area contributed by atoms with Gasteiger partial charge >= 0.3 is 0 Å². The molecule has 6 atom stereocenters. The fraction of sp³-hybridized carbons (Fsp3) is 0.245. The van der Waals surface area contributed by atoms with Gasteiger partial charge in [-0.2, -0.15) is 0 Å². The summed E-state index contributed by atoms with van der Waals surface area (Å²) in [4.78, 5) is 63.4. The van der Waals surface area contributed by atoms with Crippen LogP contribution in [0, 0.1) is 34.6 Å². The van der Waals surface area contributed by atoms with Crippen LogP contribution in [0.4, 0.5) is 86.0 Å². The van der Waals surface area contributed by atoms with Gasteiger partial charge in [-0.15, -0.1) is 0 Å². The number of anilines is 15. The van der Waals surface area contributed by atoms with Gasteiger partial charge in [0.05, 0.1) is 61.0 Å². The molecule has 131 heavy (non-hydrogen) atoms. The Morgan fingerprint density at radius 3 is 0.840 bits per heavy atom. The fourth-order valence-electron chi connectivity index (χ4n) is 19.7. The largest absolute Gasteiger partial charge is 0.435 e. The summed E-state index contributed by atoms with van der Waals surface area (Å²) in [6, 6.07) is 55.3. The fourth-order valence-corrected chi connectivity index (χ4v) is 19.7. The van der Waals surface area contributed by atoms with Crippen LogP contribution in [0.2, 0.25) is 0 Å². The van der Waals surface area contributed by atoms with Crippen LogP contribution in [0.15, 0.2) is 266 Å². The van der Waals surface area contributed by atoms with Gasteiger partial charge in [-0.25, -0.2) is 49.8 Å². The van der Waals surface area contributed by atoms with E-state index >= 15 is 0 Å². The molecule has 25 nitrogen and oxygen atoms in total. The lowest BCUT2D eigenvalue weighted by Crippen LogP contribution is -2.42. The van der Waals surface area contributed by atoms with Gasteiger partial charge < -0.3 is 71.1 Å². The lowest BCUT2D eigenvalue weighted by molar-refractivity contribution is 0.597. The Kier molecular flexibility index (Phi) is 17.2. The molecule has 20 aromatic rings. The van der Waals surface area contributed by atoms with Crippen molar-refractivity contribution in [3.63, 3.8) is 0 Å². The van der Waals surface area contributed by atoms with Gasteiger partial charge in [0.25, 0.3) is 0 Å². The zero-order chi connectivity index (χ0) is 101. The van der Waals surface area contributed by atoms with E-state index in [-0.39, 0.29) is 12.3 Å². The van der Waals surface area contributed by atoms with E-state index in [2.05, 4.69) is 123 Å². The molecule has 0 saturated heterocycles. The maximum atomic E-state index is 8.77. The smallest absolute Gasteiger partial charge is 0.227 e. The van der Waals surface area contributed by atoms with Gasteiger partial charge in [0, 0.05) is 160 Å². The van der Waals surface area contributed by atoms with Gasteiger partial charge in [-0.1, -0.05) is 60.7 Å². The number of aryl methyl sites for hydroxylation is 5. The molecular weight excluding hydrogens is 1630 g/mol. The topological polar surface area (TPSA) is 227 Å². The average molecular weight is 1750 g/mol. The summed E-state index contributed by atoms with van der Waals surface area (Å²) in [5.41, 5.74) is 20.1. The van der Waals surface area contributed by atoms with Gasteiger partial charge in [0.15, 0.2) is 57.0 Å². The minimum Gasteiger partial charge on any atom is -0.435 e. The number of aromatic nitrogens is 10. The summed E-state index contributed by atoms with van der Waals surface area (Å²) >= 11 is 0. The molecule has 15 aromatic heterocycles. The SMILES string of the molecule is [2H]C(C)(C)N1c2cccnc2N(c2c(C)ccc3c2oc2ncccc23)C1C.[2H]C(C)(C)N1c2ncccc2N(c2c(C)ccc3c2oc2ncccc23)C1C.[2H]C([2H])([2H])C([2H])(C)N1c2cccnc2N(c2c(C)ccc3c2oc2ncccc23)C1C.[2H]C([2H])([2H])N1c2cccnc2N(c2c(C)ccc3c2oc2ncccc23)C1C.[2H]C([2H])([2H])N1c2ncccc2N(c2c(C)ccc3c2oc2ncccc23)C1C. The Labute approximate surface area is 775 Å². The van der Waals surface area contributed by atoms with Gasteiger partial charge in [-0.3, -0.25) is 0 Å². The first-order valence-electron chi connectivity index (χ1n) is 49.7. The molecule has 6 unspecified atom stereocenters. The van der Waals surface area contributed by atoms with E-state index in [1.165, 1.54) is 16.7 Å². The predicted molar refractivity (Wildman–Crippen MR) is 530 cm³/mol. The van der Waals surface area contributed by atoms with E-state index in [9.17, 15) is 0 Å². The van der Waals surface area contributed by atoms with Crippen LogP contribution in [-0.2, 0) is 0 Å². The number of hydrogen-bond acceptors (Lipinski definition) is 25. The Morgan fingerprint density at radius 1 is 0.252 bits per heavy atom. The van der Waals surface area contributed by atoms with Crippen molar-refractivity contribution in [2.24, 2.45) is 0 Å². The molecule has 0 bridgehead atoms. The van der Waals surface area contributed by atoms with E-state index in [0.717, 1.165) is 150 Å². The normalized spacial score (nSPS) is 19.0. The van der Waals surface area contributed by atoms with Crippen molar-refractivity contribution in [3.8, 4) is 0 Å². The lowest BCUT2D eigenvalue weighted by Gasteiger charge is -2.33. The summed E-state index contributed by atoms with van der Waals surface area (Å²) in [6.07, 6.45) is 15.6. The standard InChI is InChI=1S/3C22H22N4O.2C20H18N4O/c1-13(2)25-15(4)26(18-8-6-11-23-21(18)25)19-14(3)9-10-16-17-7-5-12-24-22(17)27-20(16)19;2*1-13(2)25-15(4)26(21-18(25)8-6-11-23-21)19-14(3)9-10-16-17-7-5-12-24-22(17)27-20(16)19;1-12-8-9-14-15-6-4-11-22-20(15)25-18(14)17(12)24-13(2)23(3)19-16(24)7-5-10-21-19;1-12-8-9-14-15-6-4-11-22-20(15)25-18(14)17(12)24-13(2)23(3)16-7-5-10-21-19(16)24/h3*5-13,15H,1-4H3;2*4-11,13H,1-3H3/i13D;1D3,13D;13D;2*3D3. The first-order chi connectivity index (χ1) is 68.1. The maximum Gasteiger partial charge on any atom is 0.227 e. The third kappa shape index (κ3) is 13.2. The minimum absolute atomic E-state index is 0.0807. The highest BCUT2D eigenvalue weighted by Gasteiger charge is 2.44. The monoisotopic (exact) mass is 1750 g/mol. The first-order valence-corrected chi connectivity index (χ1v) is 43.7. The molecule has 25 rings (SSSR count). The first kappa shape index (κ1) is 69.7. The second-order valence-corrected chi connectivity index (χ2v) is 33.9. The highest BCUT2D eigenvalue weighted by atomic mass is 16.4. The molecule has 5 aliphatic rings. The molecule has 5 aromatic carbocycles. The summed E-state index contributed by atoms with van der Waals surface area (Å²) in [5.74, 6) is 3.32. The zero-order valence-electron chi connectivity index (χ0n) is 87.0. The molecule has 5 aliphatic heterocycles. The molecule has 0 spiro atoms. The summed E-state index contributed by atoms with van der Waals surface area (Å²) in [7, 11) is 0. The molecule has 0 N–H and O–H groups in total. The van der Waals surface area contributed by atoms with Crippen molar-refractivity contribution in [1.29, 1.82) is 0 Å². The molecule has 0 fully saturated rings. The van der Waals surface area contributed by atoms with Crippen LogP contribution in [0.25, 0.3) is 110 Å². The van der Waals surface area contributed by atoms with Crippen LogP contribution in [0.1, 0.15) is 120 Å². The highest BCUT2D eigenvalue weighted by molar-refractivity contribution is 6.15. The summed E-state index contributed by atoms with van der Waals surface area (Å²) in [5, 5.41) is 9.70. The number of hydrogen-bond donors (Lipinski definition) is 0. The summed E-state index contributed by atoms with van der Waals surface area (Å²) in [6.45, 7) is 21.9. The highest BCUT2D eigenvalue weighted by Crippen LogP contribution is 2.55. The molecule has 25 heteroatoms. The molecule has 0 amide bonds. The van der Waals surface area contributed by atoms with Gasteiger partial charge in [-0.05, 0) is 260 Å². The Bertz CT molecular complexity index is 7650. The number of fused-ring (bicyclic) bond motifs is 20. The van der Waals surface area contributed by atoms with Crippen LogP contribution in [0.3, 0.4) is 0 Å². The Morgan fingerprint density at radius 2 is 0.504 bits per heavy atom. The number of benzene rings is 5. The van der Waals surface area contributed by atoms with Crippen molar-refractivity contribution in [2.75, 3.05) is 63.0 Å². The van der Waals surface area contributed by atoms with Crippen molar-refractivity contribution in [1.82, 2.24) is 49.8 Å². The zero-order valence-corrected chi connectivity index (χ0v) is 75.0. The second-order valence-electron chi connectivity index (χ2n) is 33.9. The molecule has 20 heterocycles. The number of nitrogens with zero attached hydrogens (tertiary/aromatic N) is 20. The molecule has 0 radical (unpaired) electrons. The Balaban J connectivity index is 0.000000106. The maximum absolute atomic E-state index is 8.77. The molecule has 0 saturated carbocycles. The third-order valence-corrected chi connectivity index (χ3v) is 25.5. The molecular formula is C106H102N20O5. The number of furan rings is 5. The second kappa shape index (κ2) is 32.4. The van der Waals surface area contributed by atoms with Gasteiger partial charge in [0.1, 0.15) is 30.8 Å². The molecule has 0 aliphatic carbocycles. The van der Waals surface area contributed by atoms with Crippen molar-refractivity contribution in [2.45, 2.75) is 160 Å². The lowest BCUT2D eigenvalue weighted by atomic mass is 10.1. The number of pyridine rings is 10. The van der Waals surface area contributed by atoms with Crippen molar-refractivity contribution in [3.05, 3.63) is 272 Å². The minimum atomic E-state index is -2.52. The van der Waals surface area contributed by atoms with Crippen LogP contribution >= 0.6 is 0 Å². The predicted octanol–water partition coefficient (Wildman–Crippen LogP) is 25.4. The number of rotatable bonds is 8.